The van der Waals surface area contributed by atoms with Crippen LogP contribution in [0.4, 0.5) is 0 Å². The van der Waals surface area contributed by atoms with E-state index in [0.717, 1.165) is 19.6 Å². The van der Waals surface area contributed by atoms with Crippen LogP contribution in [0.1, 0.15) is 33.6 Å². The van der Waals surface area contributed by atoms with Crippen LogP contribution in [0, 0.1) is 11.8 Å². The second kappa shape index (κ2) is 11.0. The summed E-state index contributed by atoms with van der Waals surface area (Å²) in [7, 11) is 0. The van der Waals surface area contributed by atoms with Crippen LogP contribution in [0.15, 0.2) is 0 Å². The molecule has 0 aromatic carbocycles. The third-order valence-electron chi connectivity index (χ3n) is 2.56. The maximum atomic E-state index is 9.59. The Morgan fingerprint density at radius 1 is 1.18 bits per heavy atom. The van der Waals surface area contributed by atoms with E-state index in [-0.39, 0.29) is 12.5 Å². The van der Waals surface area contributed by atoms with E-state index < -0.39 is 6.10 Å². The predicted molar refractivity (Wildman–Crippen MR) is 70.0 cm³/mol. The Hall–Kier alpha value is -0.160. The van der Waals surface area contributed by atoms with Crippen LogP contribution in [0.3, 0.4) is 0 Å². The molecule has 17 heavy (non-hydrogen) atoms. The molecule has 0 aliphatic rings. The summed E-state index contributed by atoms with van der Waals surface area (Å²) in [5.74, 6) is 0.944. The molecule has 0 spiro atoms. The number of hydrogen-bond acceptors (Lipinski definition) is 4. The van der Waals surface area contributed by atoms with Crippen molar-refractivity contribution in [3.8, 4) is 0 Å². The summed E-state index contributed by atoms with van der Waals surface area (Å²) in [6.45, 7) is 8.88. The molecule has 0 bridgehead atoms. The Morgan fingerprint density at radius 3 is 2.47 bits per heavy atom. The van der Waals surface area contributed by atoms with Crippen molar-refractivity contribution in [2.24, 2.45) is 11.8 Å². The Labute approximate surface area is 105 Å². The third-order valence-corrected chi connectivity index (χ3v) is 2.56. The number of ether oxygens (including phenoxy) is 1. The van der Waals surface area contributed by atoms with Crippen molar-refractivity contribution in [1.82, 2.24) is 5.32 Å². The van der Waals surface area contributed by atoms with Crippen LogP contribution in [-0.2, 0) is 4.74 Å². The standard InChI is InChI=1S/C13H29NO3/c1-11(2)5-4-6-17-10-13(16)8-14-7-12(3)9-15/h11-16H,4-10H2,1-3H3. The maximum Gasteiger partial charge on any atom is 0.0897 e. The molecule has 104 valence electrons. The number of nitrogens with one attached hydrogen (secondary N) is 1. The first-order valence-electron chi connectivity index (χ1n) is 6.63. The van der Waals surface area contributed by atoms with E-state index in [2.05, 4.69) is 19.2 Å². The Morgan fingerprint density at radius 2 is 1.88 bits per heavy atom. The lowest BCUT2D eigenvalue weighted by molar-refractivity contribution is 0.0342. The summed E-state index contributed by atoms with van der Waals surface area (Å²) < 4.78 is 5.39. The first kappa shape index (κ1) is 16.8. The van der Waals surface area contributed by atoms with E-state index >= 15 is 0 Å². The minimum Gasteiger partial charge on any atom is -0.396 e. The van der Waals surface area contributed by atoms with Gasteiger partial charge < -0.3 is 20.3 Å². The normalized spacial score (nSPS) is 15.2. The number of aliphatic hydroxyl groups excluding tert-OH is 2. The van der Waals surface area contributed by atoms with Gasteiger partial charge in [0, 0.05) is 19.8 Å². The molecule has 4 heteroatoms. The molecule has 0 radical (unpaired) electrons. The zero-order chi connectivity index (χ0) is 13.1. The number of hydrogen-bond donors (Lipinski definition) is 3. The van der Waals surface area contributed by atoms with Gasteiger partial charge in [0.1, 0.15) is 0 Å². The van der Waals surface area contributed by atoms with Crippen LogP contribution in [0.5, 0.6) is 0 Å². The van der Waals surface area contributed by atoms with Gasteiger partial charge in [0.15, 0.2) is 0 Å². The Kier molecular flexibility index (Phi) is 10.9. The van der Waals surface area contributed by atoms with Crippen molar-refractivity contribution in [2.45, 2.75) is 39.7 Å². The second-order valence-corrected chi connectivity index (χ2v) is 5.21. The molecular formula is C13H29NO3. The van der Waals surface area contributed by atoms with Gasteiger partial charge in [-0.15, -0.1) is 0 Å². The highest BCUT2D eigenvalue weighted by Crippen LogP contribution is 2.03. The van der Waals surface area contributed by atoms with Crippen molar-refractivity contribution in [3.05, 3.63) is 0 Å². The molecule has 0 heterocycles. The first-order chi connectivity index (χ1) is 8.06. The molecule has 0 aromatic heterocycles. The quantitative estimate of drug-likeness (QED) is 0.477. The summed E-state index contributed by atoms with van der Waals surface area (Å²) in [6.07, 6.45) is 1.77. The molecule has 2 unspecified atom stereocenters. The van der Waals surface area contributed by atoms with Gasteiger partial charge in [-0.25, -0.2) is 0 Å². The number of rotatable bonds is 11. The van der Waals surface area contributed by atoms with Gasteiger partial charge in [-0.2, -0.15) is 0 Å². The topological polar surface area (TPSA) is 61.7 Å². The Balaban J connectivity index is 3.26. The average Bonchev–Trinajstić information content (AvgIpc) is 2.27. The van der Waals surface area contributed by atoms with Gasteiger partial charge in [-0.3, -0.25) is 0 Å². The zero-order valence-corrected chi connectivity index (χ0v) is 11.5. The molecule has 0 saturated heterocycles. The molecule has 0 saturated carbocycles. The number of aliphatic hydroxyl groups is 2. The summed E-state index contributed by atoms with van der Waals surface area (Å²) >= 11 is 0. The van der Waals surface area contributed by atoms with Crippen molar-refractivity contribution < 1.29 is 14.9 Å². The summed E-state index contributed by atoms with van der Waals surface area (Å²) in [6, 6.07) is 0. The first-order valence-corrected chi connectivity index (χ1v) is 6.63. The molecule has 2 atom stereocenters. The van der Waals surface area contributed by atoms with Gasteiger partial charge in [0.2, 0.25) is 0 Å². The van der Waals surface area contributed by atoms with E-state index in [1.165, 1.54) is 6.42 Å². The highest BCUT2D eigenvalue weighted by atomic mass is 16.5. The predicted octanol–water partition coefficient (Wildman–Crippen LogP) is 1.02. The minimum absolute atomic E-state index is 0.175. The average molecular weight is 247 g/mol. The lowest BCUT2D eigenvalue weighted by Crippen LogP contribution is -2.33. The lowest BCUT2D eigenvalue weighted by Gasteiger charge is -2.14. The summed E-state index contributed by atoms with van der Waals surface area (Å²) in [4.78, 5) is 0. The molecule has 0 fully saturated rings. The molecule has 0 aliphatic heterocycles. The van der Waals surface area contributed by atoms with Crippen LogP contribution < -0.4 is 5.32 Å². The second-order valence-electron chi connectivity index (χ2n) is 5.21. The summed E-state index contributed by atoms with van der Waals surface area (Å²) in [5.41, 5.74) is 0. The van der Waals surface area contributed by atoms with Crippen LogP contribution >= 0.6 is 0 Å². The molecule has 4 nitrogen and oxygen atoms in total. The van der Waals surface area contributed by atoms with Crippen LogP contribution in [0.2, 0.25) is 0 Å². The van der Waals surface area contributed by atoms with Crippen LogP contribution in [-0.4, -0.2) is 49.2 Å². The van der Waals surface area contributed by atoms with Gasteiger partial charge in [0.05, 0.1) is 12.7 Å². The fourth-order valence-electron chi connectivity index (χ4n) is 1.43. The van der Waals surface area contributed by atoms with E-state index in [4.69, 9.17) is 9.84 Å². The van der Waals surface area contributed by atoms with Crippen molar-refractivity contribution in [1.29, 1.82) is 0 Å². The van der Waals surface area contributed by atoms with Crippen molar-refractivity contribution in [3.63, 3.8) is 0 Å². The molecule has 0 amide bonds. The maximum absolute atomic E-state index is 9.59. The zero-order valence-electron chi connectivity index (χ0n) is 11.5. The molecule has 3 N–H and O–H groups in total. The van der Waals surface area contributed by atoms with Gasteiger partial charge in [0.25, 0.3) is 0 Å². The summed E-state index contributed by atoms with van der Waals surface area (Å²) in [5, 5.41) is 21.5. The van der Waals surface area contributed by atoms with Gasteiger partial charge >= 0.3 is 0 Å². The van der Waals surface area contributed by atoms with Crippen molar-refractivity contribution in [2.75, 3.05) is 32.9 Å². The fraction of sp³-hybridized carbons (Fsp3) is 1.00. The van der Waals surface area contributed by atoms with Crippen molar-refractivity contribution >= 4 is 0 Å². The van der Waals surface area contributed by atoms with E-state index in [0.29, 0.717) is 19.1 Å². The smallest absolute Gasteiger partial charge is 0.0897 e. The van der Waals surface area contributed by atoms with Gasteiger partial charge in [-0.1, -0.05) is 20.8 Å². The minimum atomic E-state index is -0.458. The molecule has 0 aromatic rings. The molecule has 0 rings (SSSR count). The van der Waals surface area contributed by atoms with E-state index in [1.54, 1.807) is 0 Å². The van der Waals surface area contributed by atoms with E-state index in [9.17, 15) is 5.11 Å². The highest BCUT2D eigenvalue weighted by molar-refractivity contribution is 4.61. The highest BCUT2D eigenvalue weighted by Gasteiger charge is 2.05. The SMILES string of the molecule is CC(C)CCCOCC(O)CNCC(C)CO. The fourth-order valence-corrected chi connectivity index (χ4v) is 1.43. The largest absolute Gasteiger partial charge is 0.396 e. The molecule has 0 aliphatic carbocycles. The third kappa shape index (κ3) is 12.1. The van der Waals surface area contributed by atoms with Gasteiger partial charge in [-0.05, 0) is 31.2 Å². The van der Waals surface area contributed by atoms with E-state index in [1.807, 2.05) is 6.92 Å². The van der Waals surface area contributed by atoms with Crippen LogP contribution in [0.25, 0.3) is 0 Å². The molecular weight excluding hydrogens is 218 g/mol. The Bertz CT molecular complexity index is 165. The monoisotopic (exact) mass is 247 g/mol. The lowest BCUT2D eigenvalue weighted by atomic mass is 10.1.